The first-order valence-electron chi connectivity index (χ1n) is 25.3. The van der Waals surface area contributed by atoms with Crippen LogP contribution in [0.2, 0.25) is 0 Å². The largest absolute Gasteiger partial charge is 0.464 e. The third-order valence-corrected chi connectivity index (χ3v) is 14.0. The maximum absolute atomic E-state index is 14.4. The fraction of sp³-hybridized carbons (Fsp3) is 0.824. The molecular formula is C51H86O30. The Morgan fingerprint density at radius 3 is 0.444 bits per heavy atom. The van der Waals surface area contributed by atoms with Crippen molar-refractivity contribution in [3.05, 3.63) is 0 Å². The smallest absolute Gasteiger partial charge is 0.318 e. The Balaban J connectivity index is 7.95. The molecule has 0 aliphatic heterocycles. The number of ether oxygens (including phenoxy) is 9. The molecule has 0 rings (SSSR count). The fourth-order valence-corrected chi connectivity index (χ4v) is 5.56. The van der Waals surface area contributed by atoms with Crippen molar-refractivity contribution in [2.24, 2.45) is 54.1 Å². The molecule has 470 valence electrons. The minimum atomic E-state index is -2.26. The summed E-state index contributed by atoms with van der Waals surface area (Å²) >= 11 is 0. The number of rotatable bonds is 40. The first kappa shape index (κ1) is 75.8. The van der Waals surface area contributed by atoms with Gasteiger partial charge in [-0.1, -0.05) is 6.92 Å². The Labute approximate surface area is 468 Å². The van der Waals surface area contributed by atoms with Crippen molar-refractivity contribution >= 4 is 53.7 Å². The van der Waals surface area contributed by atoms with Gasteiger partial charge in [-0.2, -0.15) is 0 Å². The molecule has 12 N–H and O–H groups in total. The summed E-state index contributed by atoms with van der Waals surface area (Å²) in [6.45, 7) is -9.23. The van der Waals surface area contributed by atoms with Crippen LogP contribution in [0.3, 0.4) is 0 Å². The molecule has 30 nitrogen and oxygen atoms in total. The Bertz CT molecular complexity index is 1750. The highest BCUT2D eigenvalue weighted by atomic mass is 16.6. The van der Waals surface area contributed by atoms with E-state index in [1.54, 1.807) is 0 Å². The highest BCUT2D eigenvalue weighted by molar-refractivity contribution is 5.83. The second-order valence-corrected chi connectivity index (χ2v) is 23.0. The first-order valence-corrected chi connectivity index (χ1v) is 25.3. The van der Waals surface area contributed by atoms with Gasteiger partial charge < -0.3 is 104 Å². The van der Waals surface area contributed by atoms with Crippen LogP contribution in [0.15, 0.2) is 0 Å². The number of hydrogen-bond donors (Lipinski definition) is 12. The minimum Gasteiger partial charge on any atom is -0.464 e. The molecule has 0 aliphatic rings. The summed E-state index contributed by atoms with van der Waals surface area (Å²) in [4.78, 5) is 122. The Morgan fingerprint density at radius 2 is 0.333 bits per heavy atom. The van der Waals surface area contributed by atoms with Crippen LogP contribution in [0, 0.1) is 54.1 Å². The number of aliphatic hydroxyl groups is 12. The topological polar surface area (TPSA) is 479 Å². The summed E-state index contributed by atoms with van der Waals surface area (Å²) in [5, 5.41) is 118. The zero-order valence-electron chi connectivity index (χ0n) is 47.8. The highest BCUT2D eigenvalue weighted by Gasteiger charge is 2.49. The molecule has 0 fully saturated rings. The molecule has 0 saturated carbocycles. The van der Waals surface area contributed by atoms with E-state index < -0.39 is 247 Å². The van der Waals surface area contributed by atoms with Gasteiger partial charge in [-0.05, 0) is 68.7 Å². The van der Waals surface area contributed by atoms with Crippen molar-refractivity contribution < 1.29 is 147 Å². The maximum atomic E-state index is 14.4. The van der Waals surface area contributed by atoms with Gasteiger partial charge in [0.15, 0.2) is 0 Å². The summed E-state index contributed by atoms with van der Waals surface area (Å²) in [5.41, 5.74) is -20.4. The van der Waals surface area contributed by atoms with Gasteiger partial charge >= 0.3 is 53.7 Å². The molecule has 0 spiro atoms. The van der Waals surface area contributed by atoms with E-state index in [4.69, 9.17) is 42.6 Å². The number of hydrogen-bond acceptors (Lipinski definition) is 30. The average molecular weight is 1180 g/mol. The molecule has 0 aromatic heterocycles. The van der Waals surface area contributed by atoms with E-state index >= 15 is 0 Å². The number of carbonyl (C=O) groups excluding carboxylic acids is 9. The maximum Gasteiger partial charge on any atom is 0.318 e. The first-order chi connectivity index (χ1) is 37.4. The van der Waals surface area contributed by atoms with Gasteiger partial charge in [0.2, 0.25) is 0 Å². The Hall–Kier alpha value is -5.25. The molecule has 0 bridgehead atoms. The van der Waals surface area contributed by atoms with Crippen molar-refractivity contribution in [2.45, 2.75) is 75.7 Å². The van der Waals surface area contributed by atoms with Crippen LogP contribution in [0.4, 0.5) is 0 Å². The van der Waals surface area contributed by atoms with Crippen molar-refractivity contribution in [3.63, 3.8) is 0 Å². The lowest BCUT2D eigenvalue weighted by Crippen LogP contribution is -2.49. The summed E-state index contributed by atoms with van der Waals surface area (Å²) in [6, 6.07) is 0. The number of carbonyl (C=O) groups is 9. The molecule has 0 aliphatic carbocycles. The number of aliphatic hydroxyl groups excluding tert-OH is 12. The summed E-state index contributed by atoms with van der Waals surface area (Å²) in [7, 11) is 0. The molecule has 30 heteroatoms. The van der Waals surface area contributed by atoms with Gasteiger partial charge in [0.05, 0.1) is 84.7 Å². The van der Waals surface area contributed by atoms with E-state index in [1.807, 2.05) is 0 Å². The lowest BCUT2D eigenvalue weighted by atomic mass is 9.86. The Morgan fingerprint density at radius 1 is 0.222 bits per heavy atom. The standard InChI is InChI=1S/C51H86O30/c1-11-51(30-79-39(70)48(8,24-73-33(64)42(2,12-52)13-53)25-74-34(65)43(3,14-54)15-55,31-80-40(71)49(9,26-75-35(66)44(4,16-56)17-57)27-76-36(67)45(5,18-58)19-59)32-81-41(72)50(10,28-77-37(68)46(6,20-60)21-61)29-78-38(69)47(7,22-62)23-63/h52-63H,11-32H2,1-10H3. The lowest BCUT2D eigenvalue weighted by molar-refractivity contribution is -0.186. The van der Waals surface area contributed by atoms with Crippen LogP contribution in [-0.4, -0.2) is 254 Å². The van der Waals surface area contributed by atoms with E-state index in [1.165, 1.54) is 6.92 Å². The van der Waals surface area contributed by atoms with Gasteiger partial charge in [0.25, 0.3) is 0 Å². The van der Waals surface area contributed by atoms with Crippen molar-refractivity contribution in [1.82, 2.24) is 0 Å². The van der Waals surface area contributed by atoms with Gasteiger partial charge in [-0.15, -0.1) is 0 Å². The van der Waals surface area contributed by atoms with Crippen molar-refractivity contribution in [2.75, 3.05) is 139 Å². The van der Waals surface area contributed by atoms with E-state index in [9.17, 15) is 104 Å². The van der Waals surface area contributed by atoms with E-state index in [2.05, 4.69) is 0 Å². The molecule has 0 unspecified atom stereocenters. The van der Waals surface area contributed by atoms with Crippen LogP contribution >= 0.6 is 0 Å². The molecule has 0 saturated heterocycles. The fourth-order valence-electron chi connectivity index (χ4n) is 5.56. The second-order valence-electron chi connectivity index (χ2n) is 23.0. The number of esters is 9. The predicted octanol–water partition coefficient (Wildman–Crippen LogP) is -4.76. The van der Waals surface area contributed by atoms with E-state index in [0.29, 0.717) is 0 Å². The van der Waals surface area contributed by atoms with Crippen LogP contribution in [0.5, 0.6) is 0 Å². The highest BCUT2D eigenvalue weighted by Crippen LogP contribution is 2.34. The second kappa shape index (κ2) is 32.0. The third-order valence-electron chi connectivity index (χ3n) is 14.0. The minimum absolute atomic E-state index is 0.340. The van der Waals surface area contributed by atoms with Crippen LogP contribution in [0.1, 0.15) is 75.7 Å². The molecule has 0 amide bonds. The molecule has 0 aromatic rings. The predicted molar refractivity (Wildman–Crippen MR) is 269 cm³/mol. The summed E-state index contributed by atoms with van der Waals surface area (Å²) in [6.07, 6.45) is -0.340. The van der Waals surface area contributed by atoms with Gasteiger partial charge in [-0.25, -0.2) is 0 Å². The van der Waals surface area contributed by atoms with Crippen LogP contribution < -0.4 is 0 Å². The van der Waals surface area contributed by atoms with Gasteiger partial charge in [-0.3, -0.25) is 43.2 Å². The normalized spacial score (nSPS) is 13.1. The molecular weight excluding hydrogens is 1090 g/mol. The SMILES string of the molecule is CCC(COC(=O)C(C)(COC(=O)C(C)(CO)CO)COC(=O)C(C)(CO)CO)(COC(=O)C(C)(COC(=O)C(C)(CO)CO)COC(=O)C(C)(CO)CO)COC(=O)C(C)(COC(=O)C(C)(CO)CO)COC(=O)C(C)(CO)CO. The molecule has 0 heterocycles. The lowest BCUT2D eigenvalue weighted by Gasteiger charge is -2.36. The zero-order valence-corrected chi connectivity index (χ0v) is 47.8. The molecule has 0 aromatic carbocycles. The zero-order chi connectivity index (χ0) is 63.1. The average Bonchev–Trinajstić information content (AvgIpc) is 3.49. The van der Waals surface area contributed by atoms with Crippen molar-refractivity contribution in [3.8, 4) is 0 Å². The Kier molecular flexibility index (Phi) is 29.9. The van der Waals surface area contributed by atoms with Crippen molar-refractivity contribution in [1.29, 1.82) is 0 Å². The van der Waals surface area contributed by atoms with Crippen LogP contribution in [0.25, 0.3) is 0 Å². The quantitative estimate of drug-likeness (QED) is 0.0202. The van der Waals surface area contributed by atoms with Gasteiger partial charge in [0.1, 0.15) is 108 Å². The molecule has 0 radical (unpaired) electrons. The third kappa shape index (κ3) is 19.7. The summed E-state index contributed by atoms with van der Waals surface area (Å²) < 4.78 is 49.0. The monoisotopic (exact) mass is 1180 g/mol. The molecule has 0 atom stereocenters. The van der Waals surface area contributed by atoms with E-state index in [0.717, 1.165) is 62.3 Å². The van der Waals surface area contributed by atoms with Crippen LogP contribution in [-0.2, 0) is 85.8 Å². The molecule has 81 heavy (non-hydrogen) atoms. The summed E-state index contributed by atoms with van der Waals surface area (Å²) in [5.74, 6) is -11.7. The van der Waals surface area contributed by atoms with Gasteiger partial charge in [0, 0.05) is 0 Å². The van der Waals surface area contributed by atoms with E-state index in [-0.39, 0.29) is 6.42 Å².